The summed E-state index contributed by atoms with van der Waals surface area (Å²) < 4.78 is 1.53. The molecule has 0 atom stereocenters. The molecular weight excluding hydrogens is 325 g/mol. The van der Waals surface area contributed by atoms with Crippen LogP contribution in [0.4, 0.5) is 16.4 Å². The number of carbonyl (C=O) groups is 1. The Balaban J connectivity index is 1.80. The quantitative estimate of drug-likeness (QED) is 0.695. The number of urea groups is 1. The van der Waals surface area contributed by atoms with Crippen molar-refractivity contribution in [3.63, 3.8) is 0 Å². The zero-order valence-electron chi connectivity index (χ0n) is 11.5. The summed E-state index contributed by atoms with van der Waals surface area (Å²) in [7, 11) is 0. The van der Waals surface area contributed by atoms with E-state index >= 15 is 0 Å². The van der Waals surface area contributed by atoms with Gasteiger partial charge in [-0.05, 0) is 36.8 Å². The summed E-state index contributed by atoms with van der Waals surface area (Å²) in [5.41, 5.74) is 2.05. The minimum Gasteiger partial charge on any atom is -0.308 e. The number of anilines is 2. The summed E-state index contributed by atoms with van der Waals surface area (Å²) in [6, 6.07) is 9.96. The molecule has 2 heterocycles. The van der Waals surface area contributed by atoms with Crippen molar-refractivity contribution < 1.29 is 4.79 Å². The average Bonchev–Trinajstić information content (AvgIpc) is 2.87. The normalized spacial score (nSPS) is 10.7. The van der Waals surface area contributed by atoms with E-state index in [-0.39, 0.29) is 5.95 Å². The van der Waals surface area contributed by atoms with Gasteiger partial charge in [0.1, 0.15) is 5.15 Å². The molecule has 0 aliphatic rings. The molecule has 1 aromatic carbocycles. The minimum atomic E-state index is -0.464. The molecule has 6 nitrogen and oxygen atoms in total. The lowest BCUT2D eigenvalue weighted by Crippen LogP contribution is -2.21. The number of nitrogens with one attached hydrogen (secondary N) is 2. The maximum atomic E-state index is 12.0. The Bertz CT molecular complexity index is 862. The van der Waals surface area contributed by atoms with Crippen molar-refractivity contribution in [1.29, 1.82) is 0 Å². The molecule has 0 saturated carbocycles. The fourth-order valence-corrected chi connectivity index (χ4v) is 2.34. The van der Waals surface area contributed by atoms with E-state index in [1.165, 1.54) is 4.40 Å². The number of amides is 2. The molecule has 3 aromatic rings. The van der Waals surface area contributed by atoms with E-state index in [0.29, 0.717) is 21.5 Å². The van der Waals surface area contributed by atoms with E-state index in [1.807, 2.05) is 13.0 Å². The zero-order chi connectivity index (χ0) is 15.7. The molecule has 3 rings (SSSR count). The van der Waals surface area contributed by atoms with Crippen LogP contribution in [0.5, 0.6) is 0 Å². The van der Waals surface area contributed by atoms with Gasteiger partial charge in [0, 0.05) is 10.7 Å². The SMILES string of the molecule is Cc1ccc(NC(=O)Nc2nnc3cccc(Cl)n23)cc1Cl. The highest BCUT2D eigenvalue weighted by molar-refractivity contribution is 6.31. The van der Waals surface area contributed by atoms with Crippen molar-refractivity contribution in [2.45, 2.75) is 6.92 Å². The van der Waals surface area contributed by atoms with Gasteiger partial charge in [0.25, 0.3) is 0 Å². The molecule has 0 radical (unpaired) electrons. The molecule has 0 aliphatic carbocycles. The molecule has 2 N–H and O–H groups in total. The van der Waals surface area contributed by atoms with Crippen molar-refractivity contribution >= 4 is 46.5 Å². The van der Waals surface area contributed by atoms with Gasteiger partial charge in [-0.2, -0.15) is 0 Å². The second-order valence-electron chi connectivity index (χ2n) is 4.61. The van der Waals surface area contributed by atoms with E-state index in [0.717, 1.165) is 5.56 Å². The third kappa shape index (κ3) is 2.84. The molecule has 2 aromatic heterocycles. The van der Waals surface area contributed by atoms with Crippen molar-refractivity contribution in [3.8, 4) is 0 Å². The van der Waals surface area contributed by atoms with Gasteiger partial charge in [0.2, 0.25) is 5.95 Å². The molecular formula is C14H11Cl2N5O. The Morgan fingerprint density at radius 3 is 2.73 bits per heavy atom. The number of fused-ring (bicyclic) bond motifs is 1. The van der Waals surface area contributed by atoms with Gasteiger partial charge in [-0.3, -0.25) is 9.72 Å². The highest BCUT2D eigenvalue weighted by atomic mass is 35.5. The Morgan fingerprint density at radius 2 is 1.95 bits per heavy atom. The predicted octanol–water partition coefficient (Wildman–Crippen LogP) is 3.99. The highest BCUT2D eigenvalue weighted by Gasteiger charge is 2.11. The molecule has 0 unspecified atom stereocenters. The van der Waals surface area contributed by atoms with E-state index in [1.54, 1.807) is 30.3 Å². The van der Waals surface area contributed by atoms with Crippen LogP contribution in [0.1, 0.15) is 5.56 Å². The molecule has 0 spiro atoms. The van der Waals surface area contributed by atoms with Crippen molar-refractivity contribution in [2.24, 2.45) is 0 Å². The summed E-state index contributed by atoms with van der Waals surface area (Å²) in [6.45, 7) is 1.89. The number of aromatic nitrogens is 3. The van der Waals surface area contributed by atoms with Gasteiger partial charge in [-0.1, -0.05) is 35.3 Å². The number of rotatable bonds is 2. The first-order valence-corrected chi connectivity index (χ1v) is 7.14. The molecule has 8 heteroatoms. The van der Waals surface area contributed by atoms with Crippen LogP contribution in [0.3, 0.4) is 0 Å². The van der Waals surface area contributed by atoms with Gasteiger partial charge >= 0.3 is 6.03 Å². The Morgan fingerprint density at radius 1 is 1.14 bits per heavy atom. The number of hydrogen-bond acceptors (Lipinski definition) is 3. The Hall–Kier alpha value is -2.31. The number of aryl methyl sites for hydroxylation is 1. The second kappa shape index (κ2) is 5.82. The summed E-state index contributed by atoms with van der Waals surface area (Å²) in [6.07, 6.45) is 0. The number of hydrogen-bond donors (Lipinski definition) is 2. The standard InChI is InChI=1S/C14H11Cl2N5O/c1-8-5-6-9(7-10(8)15)17-14(22)18-13-20-19-12-4-2-3-11(16)21(12)13/h2-7H,1H3,(H2,17,18,20,22). The van der Waals surface area contributed by atoms with E-state index < -0.39 is 6.03 Å². The number of carbonyl (C=O) groups excluding carboxylic acids is 1. The molecule has 0 bridgehead atoms. The van der Waals surface area contributed by atoms with Crippen LogP contribution in [-0.2, 0) is 0 Å². The number of nitrogens with zero attached hydrogens (tertiary/aromatic N) is 3. The molecule has 0 fully saturated rings. The number of pyridine rings is 1. The first-order valence-electron chi connectivity index (χ1n) is 6.38. The van der Waals surface area contributed by atoms with Crippen molar-refractivity contribution in [3.05, 3.63) is 52.1 Å². The largest absolute Gasteiger partial charge is 0.326 e. The van der Waals surface area contributed by atoms with E-state index in [4.69, 9.17) is 23.2 Å². The van der Waals surface area contributed by atoms with Gasteiger partial charge in [-0.25, -0.2) is 4.79 Å². The molecule has 2 amide bonds. The van der Waals surface area contributed by atoms with Crippen LogP contribution in [0, 0.1) is 6.92 Å². The first kappa shape index (κ1) is 14.6. The minimum absolute atomic E-state index is 0.233. The maximum Gasteiger partial charge on any atom is 0.326 e. The Kier molecular flexibility index (Phi) is 3.87. The van der Waals surface area contributed by atoms with Crippen molar-refractivity contribution in [2.75, 3.05) is 10.6 Å². The van der Waals surface area contributed by atoms with Crippen LogP contribution in [0.15, 0.2) is 36.4 Å². The third-order valence-corrected chi connectivity index (χ3v) is 3.74. The van der Waals surface area contributed by atoms with Crippen LogP contribution < -0.4 is 10.6 Å². The molecule has 0 aliphatic heterocycles. The molecule has 22 heavy (non-hydrogen) atoms. The molecule has 0 saturated heterocycles. The van der Waals surface area contributed by atoms with Crippen molar-refractivity contribution in [1.82, 2.24) is 14.6 Å². The lowest BCUT2D eigenvalue weighted by atomic mass is 10.2. The van der Waals surface area contributed by atoms with Gasteiger partial charge in [0.05, 0.1) is 0 Å². The first-order chi connectivity index (χ1) is 10.5. The maximum absolute atomic E-state index is 12.0. The Labute approximate surface area is 136 Å². The van der Waals surface area contributed by atoms with E-state index in [9.17, 15) is 4.79 Å². The third-order valence-electron chi connectivity index (χ3n) is 3.04. The van der Waals surface area contributed by atoms with Crippen LogP contribution in [0.25, 0.3) is 5.65 Å². The van der Waals surface area contributed by atoms with Crippen LogP contribution in [0.2, 0.25) is 10.2 Å². The smallest absolute Gasteiger partial charge is 0.308 e. The van der Waals surface area contributed by atoms with Crippen LogP contribution >= 0.6 is 23.2 Å². The fraction of sp³-hybridized carbons (Fsp3) is 0.0714. The zero-order valence-corrected chi connectivity index (χ0v) is 13.0. The second-order valence-corrected chi connectivity index (χ2v) is 5.40. The lowest BCUT2D eigenvalue weighted by molar-refractivity contribution is 0.262. The number of benzene rings is 1. The number of halogens is 2. The van der Waals surface area contributed by atoms with Gasteiger partial charge in [0.15, 0.2) is 5.65 Å². The summed E-state index contributed by atoms with van der Waals surface area (Å²) in [4.78, 5) is 12.0. The topological polar surface area (TPSA) is 71.3 Å². The fourth-order valence-electron chi connectivity index (χ4n) is 1.92. The van der Waals surface area contributed by atoms with Gasteiger partial charge < -0.3 is 5.32 Å². The summed E-state index contributed by atoms with van der Waals surface area (Å²) >= 11 is 12.1. The lowest BCUT2D eigenvalue weighted by Gasteiger charge is -2.08. The average molecular weight is 336 g/mol. The predicted molar refractivity (Wildman–Crippen MR) is 86.8 cm³/mol. The summed E-state index contributed by atoms with van der Waals surface area (Å²) in [5.74, 6) is 0.233. The molecule has 112 valence electrons. The van der Waals surface area contributed by atoms with E-state index in [2.05, 4.69) is 20.8 Å². The monoisotopic (exact) mass is 335 g/mol. The highest BCUT2D eigenvalue weighted by Crippen LogP contribution is 2.20. The van der Waals surface area contributed by atoms with Crippen LogP contribution in [-0.4, -0.2) is 20.6 Å². The van der Waals surface area contributed by atoms with Gasteiger partial charge in [-0.15, -0.1) is 10.2 Å². The summed E-state index contributed by atoms with van der Waals surface area (Å²) in [5, 5.41) is 14.1.